The molecule has 1 heterocycles. The van der Waals surface area contributed by atoms with Crippen LogP contribution in [0.25, 0.3) is 0 Å². The minimum Gasteiger partial charge on any atom is -0.328 e. The lowest BCUT2D eigenvalue weighted by molar-refractivity contribution is 0.729. The zero-order valence-corrected chi connectivity index (χ0v) is 11.4. The van der Waals surface area contributed by atoms with Crippen molar-refractivity contribution in [2.45, 2.75) is 36.4 Å². The van der Waals surface area contributed by atoms with Crippen LogP contribution in [0.4, 0.5) is 0 Å². The largest absolute Gasteiger partial charge is 0.328 e. The van der Waals surface area contributed by atoms with E-state index in [-0.39, 0.29) is 6.04 Å². The molecule has 0 aliphatic rings. The van der Waals surface area contributed by atoms with E-state index in [9.17, 15) is 0 Å². The van der Waals surface area contributed by atoms with Crippen molar-refractivity contribution in [3.05, 3.63) is 47.8 Å². The molecule has 2 rings (SSSR count). The SMILES string of the molecule is Cc1ccnc(Sc2ccccc2CC(C)N)n1. The van der Waals surface area contributed by atoms with E-state index in [0.29, 0.717) is 0 Å². The summed E-state index contributed by atoms with van der Waals surface area (Å²) in [6.45, 7) is 3.99. The van der Waals surface area contributed by atoms with Gasteiger partial charge in [0.15, 0.2) is 5.16 Å². The summed E-state index contributed by atoms with van der Waals surface area (Å²) in [6.07, 6.45) is 2.66. The second-order valence-electron chi connectivity index (χ2n) is 4.37. The minimum absolute atomic E-state index is 0.158. The molecule has 0 fully saturated rings. The lowest BCUT2D eigenvalue weighted by Gasteiger charge is -2.10. The normalized spacial score (nSPS) is 12.4. The number of hydrogen-bond donors (Lipinski definition) is 1. The molecule has 0 aliphatic carbocycles. The Balaban J connectivity index is 2.23. The van der Waals surface area contributed by atoms with Crippen molar-refractivity contribution < 1.29 is 0 Å². The molecule has 18 heavy (non-hydrogen) atoms. The van der Waals surface area contributed by atoms with Gasteiger partial charge in [0.2, 0.25) is 0 Å². The van der Waals surface area contributed by atoms with E-state index in [1.54, 1.807) is 18.0 Å². The Bertz CT molecular complexity index is 526. The molecule has 0 bridgehead atoms. The lowest BCUT2D eigenvalue weighted by atomic mass is 10.1. The van der Waals surface area contributed by atoms with Gasteiger partial charge in [-0.15, -0.1) is 0 Å². The number of hydrogen-bond acceptors (Lipinski definition) is 4. The van der Waals surface area contributed by atoms with Gasteiger partial charge in [0, 0.05) is 22.8 Å². The van der Waals surface area contributed by atoms with Crippen molar-refractivity contribution in [3.8, 4) is 0 Å². The Morgan fingerprint density at radius 3 is 2.78 bits per heavy atom. The van der Waals surface area contributed by atoms with Crippen molar-refractivity contribution >= 4 is 11.8 Å². The molecule has 2 N–H and O–H groups in total. The van der Waals surface area contributed by atoms with Crippen LogP contribution in [0, 0.1) is 6.92 Å². The van der Waals surface area contributed by atoms with Gasteiger partial charge in [0.25, 0.3) is 0 Å². The van der Waals surface area contributed by atoms with Gasteiger partial charge in [-0.2, -0.15) is 0 Å². The Morgan fingerprint density at radius 1 is 1.28 bits per heavy atom. The van der Waals surface area contributed by atoms with Crippen molar-refractivity contribution in [3.63, 3.8) is 0 Å². The van der Waals surface area contributed by atoms with Gasteiger partial charge in [0.1, 0.15) is 0 Å². The fraction of sp³-hybridized carbons (Fsp3) is 0.286. The summed E-state index contributed by atoms with van der Waals surface area (Å²) in [5.74, 6) is 0. The molecule has 0 radical (unpaired) electrons. The molecule has 0 spiro atoms. The summed E-state index contributed by atoms with van der Waals surface area (Å²) < 4.78 is 0. The van der Waals surface area contributed by atoms with Crippen molar-refractivity contribution in [2.24, 2.45) is 5.73 Å². The first-order valence-electron chi connectivity index (χ1n) is 5.96. The maximum absolute atomic E-state index is 5.87. The molecule has 2 aromatic rings. The zero-order chi connectivity index (χ0) is 13.0. The first-order chi connectivity index (χ1) is 8.65. The fourth-order valence-electron chi connectivity index (χ4n) is 1.69. The van der Waals surface area contributed by atoms with Crippen LogP contribution in [0.2, 0.25) is 0 Å². The summed E-state index contributed by atoms with van der Waals surface area (Å²) in [5, 5.41) is 0.784. The topological polar surface area (TPSA) is 51.8 Å². The Morgan fingerprint density at radius 2 is 2.06 bits per heavy atom. The lowest BCUT2D eigenvalue weighted by Crippen LogP contribution is -2.18. The van der Waals surface area contributed by atoms with Gasteiger partial charge < -0.3 is 5.73 Å². The first-order valence-corrected chi connectivity index (χ1v) is 6.78. The van der Waals surface area contributed by atoms with Crippen LogP contribution in [0.15, 0.2) is 46.6 Å². The van der Waals surface area contributed by atoms with Crippen molar-refractivity contribution in [1.29, 1.82) is 0 Å². The highest BCUT2D eigenvalue weighted by Gasteiger charge is 2.07. The molecule has 0 amide bonds. The van der Waals surface area contributed by atoms with Crippen LogP contribution in [0.5, 0.6) is 0 Å². The summed E-state index contributed by atoms with van der Waals surface area (Å²) in [6, 6.07) is 10.3. The number of nitrogens with zero attached hydrogens (tertiary/aromatic N) is 2. The monoisotopic (exact) mass is 259 g/mol. The summed E-state index contributed by atoms with van der Waals surface area (Å²) >= 11 is 1.59. The molecule has 0 saturated heterocycles. The Hall–Kier alpha value is -1.39. The highest BCUT2D eigenvalue weighted by molar-refractivity contribution is 7.99. The van der Waals surface area contributed by atoms with Gasteiger partial charge >= 0.3 is 0 Å². The third kappa shape index (κ3) is 3.55. The molecule has 1 aromatic heterocycles. The molecular formula is C14H17N3S. The quantitative estimate of drug-likeness (QED) is 0.858. The number of benzene rings is 1. The zero-order valence-electron chi connectivity index (χ0n) is 10.6. The molecule has 1 unspecified atom stereocenters. The highest BCUT2D eigenvalue weighted by atomic mass is 32.2. The molecule has 0 saturated carbocycles. The smallest absolute Gasteiger partial charge is 0.192 e. The maximum atomic E-state index is 5.87. The summed E-state index contributed by atoms with van der Waals surface area (Å²) in [4.78, 5) is 9.87. The van der Waals surface area contributed by atoms with Gasteiger partial charge in [0.05, 0.1) is 0 Å². The van der Waals surface area contributed by atoms with E-state index in [1.807, 2.05) is 32.0 Å². The van der Waals surface area contributed by atoms with E-state index in [4.69, 9.17) is 5.73 Å². The van der Waals surface area contributed by atoms with Gasteiger partial charge in [-0.05, 0) is 49.7 Å². The van der Waals surface area contributed by atoms with Gasteiger partial charge in [-0.3, -0.25) is 0 Å². The highest BCUT2D eigenvalue weighted by Crippen LogP contribution is 2.28. The fourth-order valence-corrected chi connectivity index (χ4v) is 2.62. The molecule has 0 aliphatic heterocycles. The second-order valence-corrected chi connectivity index (χ2v) is 5.38. The molecule has 1 atom stereocenters. The molecular weight excluding hydrogens is 242 g/mol. The van der Waals surface area contributed by atoms with E-state index in [0.717, 1.165) is 17.3 Å². The van der Waals surface area contributed by atoms with E-state index in [2.05, 4.69) is 22.1 Å². The van der Waals surface area contributed by atoms with Crippen LogP contribution in [0.3, 0.4) is 0 Å². The number of aryl methyl sites for hydroxylation is 1. The summed E-state index contributed by atoms with van der Waals surface area (Å²) in [5.41, 5.74) is 8.11. The third-order valence-electron chi connectivity index (χ3n) is 2.49. The molecule has 1 aromatic carbocycles. The van der Waals surface area contributed by atoms with Crippen LogP contribution >= 0.6 is 11.8 Å². The van der Waals surface area contributed by atoms with Gasteiger partial charge in [-0.1, -0.05) is 18.2 Å². The van der Waals surface area contributed by atoms with Crippen LogP contribution in [-0.4, -0.2) is 16.0 Å². The van der Waals surface area contributed by atoms with Crippen molar-refractivity contribution in [2.75, 3.05) is 0 Å². The molecule has 4 heteroatoms. The summed E-state index contributed by atoms with van der Waals surface area (Å²) in [7, 11) is 0. The van der Waals surface area contributed by atoms with E-state index < -0.39 is 0 Å². The van der Waals surface area contributed by atoms with E-state index in [1.165, 1.54) is 10.5 Å². The van der Waals surface area contributed by atoms with Gasteiger partial charge in [-0.25, -0.2) is 9.97 Å². The maximum Gasteiger partial charge on any atom is 0.192 e. The number of aromatic nitrogens is 2. The van der Waals surface area contributed by atoms with Crippen molar-refractivity contribution in [1.82, 2.24) is 9.97 Å². The Labute approximate surface area is 112 Å². The number of nitrogens with two attached hydrogens (primary N) is 1. The minimum atomic E-state index is 0.158. The standard InChI is InChI=1S/C14H17N3S/c1-10(15)9-12-5-3-4-6-13(12)18-14-16-8-7-11(2)17-14/h3-8,10H,9,15H2,1-2H3. The van der Waals surface area contributed by atoms with E-state index >= 15 is 0 Å². The third-order valence-corrected chi connectivity index (χ3v) is 3.49. The predicted molar refractivity (Wildman–Crippen MR) is 74.7 cm³/mol. The first kappa shape index (κ1) is 13.1. The average Bonchev–Trinajstić information content (AvgIpc) is 2.31. The Kier molecular flexibility index (Phi) is 4.33. The molecule has 3 nitrogen and oxygen atoms in total. The second kappa shape index (κ2) is 5.98. The van der Waals surface area contributed by atoms with Crippen LogP contribution in [-0.2, 0) is 6.42 Å². The number of rotatable bonds is 4. The van der Waals surface area contributed by atoms with Crippen LogP contribution < -0.4 is 5.73 Å². The average molecular weight is 259 g/mol. The molecule has 94 valence electrons. The van der Waals surface area contributed by atoms with Crippen LogP contribution in [0.1, 0.15) is 18.2 Å². The predicted octanol–water partition coefficient (Wildman–Crippen LogP) is 2.83.